The van der Waals surface area contributed by atoms with Crippen LogP contribution in [0.2, 0.25) is 0 Å². The zero-order valence-electron chi connectivity index (χ0n) is 11.0. The highest BCUT2D eigenvalue weighted by Gasteiger charge is 2.36. The van der Waals surface area contributed by atoms with Gasteiger partial charge in [0, 0.05) is 0 Å². The first-order valence-corrected chi connectivity index (χ1v) is 10.8. The Bertz CT molecular complexity index is 724. The second-order valence-electron chi connectivity index (χ2n) is 3.82. The number of hydrogen-bond donors (Lipinski definition) is 0. The molecule has 23 heavy (non-hydrogen) atoms. The summed E-state index contributed by atoms with van der Waals surface area (Å²) in [5.41, 5.74) is -5.65. The van der Waals surface area contributed by atoms with Crippen LogP contribution in [0.1, 0.15) is 0 Å². The normalized spacial score (nSPS) is 11.6. The summed E-state index contributed by atoms with van der Waals surface area (Å²) in [6, 6.07) is 16.9. The molecular formula is C13H8Br2F3IO3S. The minimum absolute atomic E-state index is 0.108. The largest absolute Gasteiger partial charge is 0.741 e. The molecule has 0 N–H and O–H groups in total. The maximum atomic E-state index is 10.7. The summed E-state index contributed by atoms with van der Waals surface area (Å²) in [5.74, 6) is 0. The Hall–Kier alpha value is -0.170. The minimum Gasteiger partial charge on any atom is -0.741 e. The van der Waals surface area contributed by atoms with E-state index in [1.54, 1.807) is 0 Å². The molecule has 2 rings (SSSR count). The van der Waals surface area contributed by atoms with Gasteiger partial charge in [-0.1, -0.05) is 24.3 Å². The van der Waals surface area contributed by atoms with Gasteiger partial charge in [-0.2, -0.15) is 13.2 Å². The van der Waals surface area contributed by atoms with E-state index in [-0.39, 0.29) is 21.2 Å². The van der Waals surface area contributed by atoms with Crippen molar-refractivity contribution in [2.75, 3.05) is 0 Å². The summed E-state index contributed by atoms with van der Waals surface area (Å²) in [7, 11) is -6.09. The van der Waals surface area contributed by atoms with E-state index in [4.69, 9.17) is 13.0 Å². The van der Waals surface area contributed by atoms with Gasteiger partial charge < -0.3 is 4.55 Å². The Morgan fingerprint density at radius 2 is 1.17 bits per heavy atom. The van der Waals surface area contributed by atoms with Crippen molar-refractivity contribution in [3.8, 4) is 0 Å². The van der Waals surface area contributed by atoms with Gasteiger partial charge in [-0.3, -0.25) is 0 Å². The van der Waals surface area contributed by atoms with Gasteiger partial charge >= 0.3 is 26.7 Å². The van der Waals surface area contributed by atoms with Crippen LogP contribution >= 0.6 is 31.9 Å². The van der Waals surface area contributed by atoms with Gasteiger partial charge in [0.1, 0.15) is 0 Å². The van der Waals surface area contributed by atoms with Crippen LogP contribution < -0.4 is 21.2 Å². The van der Waals surface area contributed by atoms with Crippen molar-refractivity contribution in [2.24, 2.45) is 0 Å². The maximum absolute atomic E-state index is 10.7. The molecule has 0 aliphatic rings. The Labute approximate surface area is 158 Å². The third-order valence-corrected chi connectivity index (χ3v) is 8.61. The van der Waals surface area contributed by atoms with Crippen LogP contribution in [0.4, 0.5) is 13.2 Å². The Morgan fingerprint density at radius 3 is 1.43 bits per heavy atom. The molecule has 10 heteroatoms. The van der Waals surface area contributed by atoms with Crippen molar-refractivity contribution in [1.29, 1.82) is 0 Å². The van der Waals surface area contributed by atoms with E-state index in [9.17, 15) is 13.2 Å². The highest BCUT2D eigenvalue weighted by atomic mass is 127. The summed E-state index contributed by atoms with van der Waals surface area (Å²) >= 11 is 7.07. The number of benzene rings is 2. The standard InChI is InChI=1S/C12H8Br2I.CHF3O3S/c13-9-5-1-3-7-11(9)15-12-8-4-2-6-10(12)14;2-1(3,4)8(5,6)7/h1-8H;(H,5,6,7)/q+1;/p-1. The Kier molecular flexibility index (Phi) is 7.98. The van der Waals surface area contributed by atoms with Crippen molar-refractivity contribution in [3.05, 3.63) is 64.6 Å². The van der Waals surface area contributed by atoms with Gasteiger partial charge in [0.2, 0.25) is 7.14 Å². The lowest BCUT2D eigenvalue weighted by Crippen LogP contribution is -3.61. The lowest BCUT2D eigenvalue weighted by molar-refractivity contribution is -0.599. The SMILES string of the molecule is Brc1ccccc1[I+]c1ccccc1Br.O=S(=O)([O-])C(F)(F)F. The molecule has 0 saturated heterocycles. The Morgan fingerprint density at radius 1 is 0.870 bits per heavy atom. The van der Waals surface area contributed by atoms with Gasteiger partial charge in [-0.15, -0.1) is 0 Å². The van der Waals surface area contributed by atoms with E-state index in [0.717, 1.165) is 0 Å². The second-order valence-corrected chi connectivity index (χ2v) is 9.77. The number of halogens is 6. The van der Waals surface area contributed by atoms with Gasteiger partial charge in [0.15, 0.2) is 10.1 Å². The van der Waals surface area contributed by atoms with Crippen molar-refractivity contribution in [2.45, 2.75) is 5.51 Å². The van der Waals surface area contributed by atoms with E-state index in [2.05, 4.69) is 80.4 Å². The highest BCUT2D eigenvalue weighted by Crippen LogP contribution is 2.20. The third-order valence-electron chi connectivity index (χ3n) is 2.14. The third kappa shape index (κ3) is 7.08. The van der Waals surface area contributed by atoms with Gasteiger partial charge in [0.05, 0.1) is 8.95 Å². The molecule has 2 aromatic rings. The molecule has 3 nitrogen and oxygen atoms in total. The fourth-order valence-corrected chi connectivity index (χ4v) is 4.99. The van der Waals surface area contributed by atoms with Crippen molar-refractivity contribution < 1.29 is 47.3 Å². The molecule has 0 aromatic heterocycles. The molecule has 0 unspecified atom stereocenters. The molecule has 2 aromatic carbocycles. The molecule has 0 heterocycles. The first-order chi connectivity index (χ1) is 10.5. The molecule has 0 saturated carbocycles. The van der Waals surface area contributed by atoms with Crippen molar-refractivity contribution >= 4 is 42.0 Å². The smallest absolute Gasteiger partial charge is 0.485 e. The van der Waals surface area contributed by atoms with Gasteiger partial charge in [-0.25, -0.2) is 8.42 Å². The second kappa shape index (κ2) is 8.79. The van der Waals surface area contributed by atoms with Crippen molar-refractivity contribution in [3.63, 3.8) is 0 Å². The van der Waals surface area contributed by atoms with Crippen LogP contribution in [-0.2, 0) is 10.1 Å². The lowest BCUT2D eigenvalue weighted by atomic mass is 10.4. The molecule has 0 atom stereocenters. The quantitative estimate of drug-likeness (QED) is 0.303. The molecule has 0 radical (unpaired) electrons. The minimum atomic E-state index is -6.09. The highest BCUT2D eigenvalue weighted by molar-refractivity contribution is 9.10. The van der Waals surface area contributed by atoms with Crippen LogP contribution in [0.5, 0.6) is 0 Å². The van der Waals surface area contributed by atoms with Gasteiger partial charge in [-0.05, 0) is 56.1 Å². The van der Waals surface area contributed by atoms with Crippen LogP contribution in [0.15, 0.2) is 57.5 Å². The number of rotatable bonds is 2. The summed E-state index contributed by atoms with van der Waals surface area (Å²) in [6.45, 7) is 0. The first kappa shape index (κ1) is 20.9. The predicted molar refractivity (Wildman–Crippen MR) is 81.4 cm³/mol. The van der Waals surface area contributed by atoms with Crippen LogP contribution in [0.25, 0.3) is 0 Å². The summed E-state index contributed by atoms with van der Waals surface area (Å²) in [4.78, 5) is 0. The van der Waals surface area contributed by atoms with Crippen LogP contribution in [0.3, 0.4) is 0 Å². The van der Waals surface area contributed by atoms with Gasteiger partial charge in [0.25, 0.3) is 0 Å². The Balaban J connectivity index is 0.000000284. The zero-order chi connectivity index (χ0) is 17.7. The summed E-state index contributed by atoms with van der Waals surface area (Å²) in [6.07, 6.45) is 0. The molecule has 0 amide bonds. The topological polar surface area (TPSA) is 57.2 Å². The zero-order valence-corrected chi connectivity index (χ0v) is 17.2. The molecular weight excluding hydrogens is 580 g/mol. The van der Waals surface area contributed by atoms with Crippen molar-refractivity contribution in [1.82, 2.24) is 0 Å². The van der Waals surface area contributed by atoms with Crippen LogP contribution in [-0.4, -0.2) is 18.5 Å². The summed E-state index contributed by atoms with van der Waals surface area (Å²) in [5, 5.41) is 0. The van der Waals surface area contributed by atoms with E-state index < -0.39 is 15.6 Å². The number of alkyl halides is 3. The molecule has 0 fully saturated rings. The molecule has 0 aliphatic carbocycles. The predicted octanol–water partition coefficient (Wildman–Crippen LogP) is 1.39. The maximum Gasteiger partial charge on any atom is 0.485 e. The monoisotopic (exact) mass is 586 g/mol. The van der Waals surface area contributed by atoms with E-state index >= 15 is 0 Å². The average Bonchev–Trinajstić information content (AvgIpc) is 2.42. The van der Waals surface area contributed by atoms with Crippen LogP contribution in [0, 0.1) is 7.14 Å². The molecule has 0 bridgehead atoms. The summed E-state index contributed by atoms with van der Waals surface area (Å²) < 4.78 is 64.2. The number of hydrogen-bond acceptors (Lipinski definition) is 3. The molecule has 126 valence electrons. The molecule has 0 aliphatic heterocycles. The fraction of sp³-hybridized carbons (Fsp3) is 0.0769. The van der Waals surface area contributed by atoms with E-state index in [1.165, 1.54) is 16.1 Å². The first-order valence-electron chi connectivity index (χ1n) is 5.68. The van der Waals surface area contributed by atoms with E-state index in [0.29, 0.717) is 0 Å². The lowest BCUT2D eigenvalue weighted by Gasteiger charge is -2.08. The fourth-order valence-electron chi connectivity index (χ4n) is 1.14. The van der Waals surface area contributed by atoms with E-state index in [1.807, 2.05) is 0 Å². The molecule has 0 spiro atoms. The average molecular weight is 588 g/mol.